The summed E-state index contributed by atoms with van der Waals surface area (Å²) in [7, 11) is 0. The van der Waals surface area contributed by atoms with Gasteiger partial charge in [0.2, 0.25) is 5.91 Å². The van der Waals surface area contributed by atoms with E-state index in [9.17, 15) is 4.79 Å². The largest absolute Gasteiger partial charge is 0.494 e. The Hall–Kier alpha value is -1.82. The van der Waals surface area contributed by atoms with Crippen molar-refractivity contribution >= 4 is 32.6 Å². The molecule has 20 heavy (non-hydrogen) atoms. The minimum absolute atomic E-state index is 0.0129. The summed E-state index contributed by atoms with van der Waals surface area (Å²) in [5, 5.41) is 6.62. The molecule has 6 heteroatoms. The second-order valence-corrected chi connectivity index (χ2v) is 5.32. The summed E-state index contributed by atoms with van der Waals surface area (Å²) in [4.78, 5) is 16.0. The normalized spacial score (nSPS) is 10.5. The quantitative estimate of drug-likeness (QED) is 0.824. The van der Waals surface area contributed by atoms with E-state index in [0.29, 0.717) is 13.2 Å². The first-order chi connectivity index (χ1) is 9.72. The lowest BCUT2D eigenvalue weighted by Gasteiger charge is -2.03. The van der Waals surface area contributed by atoms with Crippen LogP contribution >= 0.6 is 11.3 Å². The standard InChI is InChI=1S/C14H19N3O2S/c1-3-7-15-13(18)9-16-14-17-11-6-5-10(19-4-2)8-12(11)20-14/h5-6,8H,3-4,7,9H2,1-2H3,(H,15,18)(H,16,17). The number of thiazole rings is 1. The van der Waals surface area contributed by atoms with Gasteiger partial charge >= 0.3 is 0 Å². The van der Waals surface area contributed by atoms with Crippen molar-refractivity contribution in [2.75, 3.05) is 25.0 Å². The fourth-order valence-corrected chi connectivity index (χ4v) is 2.61. The second kappa shape index (κ2) is 7.09. The van der Waals surface area contributed by atoms with E-state index < -0.39 is 0 Å². The molecule has 2 aromatic rings. The highest BCUT2D eigenvalue weighted by Crippen LogP contribution is 2.29. The Morgan fingerprint density at radius 1 is 1.40 bits per heavy atom. The van der Waals surface area contributed by atoms with Crippen LogP contribution in [0.1, 0.15) is 20.3 Å². The van der Waals surface area contributed by atoms with Crippen molar-refractivity contribution < 1.29 is 9.53 Å². The molecule has 1 heterocycles. The minimum atomic E-state index is -0.0129. The Kier molecular flexibility index (Phi) is 5.17. The van der Waals surface area contributed by atoms with E-state index in [2.05, 4.69) is 15.6 Å². The molecule has 108 valence electrons. The summed E-state index contributed by atoms with van der Waals surface area (Å²) in [6.07, 6.45) is 0.938. The third kappa shape index (κ3) is 3.84. The molecule has 0 bridgehead atoms. The van der Waals surface area contributed by atoms with Crippen molar-refractivity contribution in [3.63, 3.8) is 0 Å². The first-order valence-electron chi connectivity index (χ1n) is 6.77. The van der Waals surface area contributed by atoms with Crippen LogP contribution in [0.25, 0.3) is 10.2 Å². The molecule has 1 aromatic heterocycles. The molecular formula is C14H19N3O2S. The molecular weight excluding hydrogens is 274 g/mol. The van der Waals surface area contributed by atoms with E-state index in [1.165, 1.54) is 11.3 Å². The predicted octanol–water partition coefficient (Wildman–Crippen LogP) is 2.63. The molecule has 0 unspecified atom stereocenters. The zero-order chi connectivity index (χ0) is 14.4. The zero-order valence-corrected chi connectivity index (χ0v) is 12.5. The third-order valence-electron chi connectivity index (χ3n) is 2.64. The van der Waals surface area contributed by atoms with Crippen LogP contribution in [0.15, 0.2) is 18.2 Å². The predicted molar refractivity (Wildman–Crippen MR) is 82.6 cm³/mol. The van der Waals surface area contributed by atoms with Gasteiger partial charge in [-0.25, -0.2) is 4.98 Å². The van der Waals surface area contributed by atoms with Crippen molar-refractivity contribution in [2.24, 2.45) is 0 Å². The molecule has 2 rings (SSSR count). The second-order valence-electron chi connectivity index (χ2n) is 4.29. The molecule has 0 atom stereocenters. The molecule has 2 N–H and O–H groups in total. The summed E-state index contributed by atoms with van der Waals surface area (Å²) in [6.45, 7) is 5.58. The van der Waals surface area contributed by atoms with Gasteiger partial charge in [0.25, 0.3) is 0 Å². The number of carbonyl (C=O) groups excluding carboxylic acids is 1. The van der Waals surface area contributed by atoms with Crippen LogP contribution in [-0.2, 0) is 4.79 Å². The number of nitrogens with zero attached hydrogens (tertiary/aromatic N) is 1. The molecule has 0 aliphatic carbocycles. The molecule has 0 spiro atoms. The van der Waals surface area contributed by atoms with Gasteiger partial charge in [-0.05, 0) is 31.5 Å². The summed E-state index contributed by atoms with van der Waals surface area (Å²) in [5.74, 6) is 0.831. The molecule has 0 saturated heterocycles. The molecule has 0 radical (unpaired) electrons. The van der Waals surface area contributed by atoms with Crippen LogP contribution in [0.5, 0.6) is 5.75 Å². The maximum absolute atomic E-state index is 11.5. The SMILES string of the molecule is CCCNC(=O)CNc1nc2ccc(OCC)cc2s1. The maximum atomic E-state index is 11.5. The average molecular weight is 293 g/mol. The van der Waals surface area contributed by atoms with Gasteiger partial charge in [0.15, 0.2) is 5.13 Å². The fourth-order valence-electron chi connectivity index (χ4n) is 1.72. The Morgan fingerprint density at radius 2 is 2.25 bits per heavy atom. The van der Waals surface area contributed by atoms with Gasteiger partial charge in [-0.3, -0.25) is 4.79 Å². The molecule has 0 saturated carbocycles. The van der Waals surface area contributed by atoms with Crippen LogP contribution in [0.2, 0.25) is 0 Å². The smallest absolute Gasteiger partial charge is 0.239 e. The van der Waals surface area contributed by atoms with E-state index in [4.69, 9.17) is 4.74 Å². The number of carbonyl (C=O) groups is 1. The van der Waals surface area contributed by atoms with Gasteiger partial charge in [0.05, 0.1) is 23.4 Å². The van der Waals surface area contributed by atoms with Gasteiger partial charge in [-0.1, -0.05) is 18.3 Å². The number of benzene rings is 1. The lowest BCUT2D eigenvalue weighted by Crippen LogP contribution is -2.30. The Bertz CT molecular complexity index is 583. The molecule has 0 aliphatic heterocycles. The Balaban J connectivity index is 1.99. The number of fused-ring (bicyclic) bond motifs is 1. The highest BCUT2D eigenvalue weighted by Gasteiger charge is 2.06. The number of amides is 1. The van der Waals surface area contributed by atoms with Gasteiger partial charge < -0.3 is 15.4 Å². The van der Waals surface area contributed by atoms with Crippen molar-refractivity contribution in [3.8, 4) is 5.75 Å². The van der Waals surface area contributed by atoms with E-state index in [-0.39, 0.29) is 12.5 Å². The highest BCUT2D eigenvalue weighted by atomic mass is 32.1. The van der Waals surface area contributed by atoms with Crippen LogP contribution in [0.3, 0.4) is 0 Å². The Morgan fingerprint density at radius 3 is 3.00 bits per heavy atom. The minimum Gasteiger partial charge on any atom is -0.494 e. The first kappa shape index (κ1) is 14.6. The van der Waals surface area contributed by atoms with Gasteiger partial charge in [0, 0.05) is 6.54 Å². The average Bonchev–Trinajstić information content (AvgIpc) is 2.85. The number of nitrogens with one attached hydrogen (secondary N) is 2. The monoisotopic (exact) mass is 293 g/mol. The summed E-state index contributed by atoms with van der Waals surface area (Å²) in [6, 6.07) is 5.81. The number of ether oxygens (including phenoxy) is 1. The summed E-state index contributed by atoms with van der Waals surface area (Å²) in [5.41, 5.74) is 0.912. The van der Waals surface area contributed by atoms with Crippen LogP contribution in [0, 0.1) is 0 Å². The highest BCUT2D eigenvalue weighted by molar-refractivity contribution is 7.22. The van der Waals surface area contributed by atoms with E-state index in [1.807, 2.05) is 32.0 Å². The lowest BCUT2D eigenvalue weighted by atomic mass is 10.3. The maximum Gasteiger partial charge on any atom is 0.239 e. The van der Waals surface area contributed by atoms with E-state index >= 15 is 0 Å². The number of anilines is 1. The van der Waals surface area contributed by atoms with E-state index in [1.54, 1.807) is 0 Å². The van der Waals surface area contributed by atoms with Crippen LogP contribution < -0.4 is 15.4 Å². The number of hydrogen-bond acceptors (Lipinski definition) is 5. The molecule has 1 amide bonds. The molecule has 0 fully saturated rings. The zero-order valence-electron chi connectivity index (χ0n) is 11.7. The first-order valence-corrected chi connectivity index (χ1v) is 7.58. The third-order valence-corrected chi connectivity index (χ3v) is 3.62. The summed E-state index contributed by atoms with van der Waals surface area (Å²) >= 11 is 1.52. The number of rotatable bonds is 7. The van der Waals surface area contributed by atoms with Crippen molar-refractivity contribution in [1.29, 1.82) is 0 Å². The molecule has 1 aromatic carbocycles. The van der Waals surface area contributed by atoms with Crippen LogP contribution in [-0.4, -0.2) is 30.6 Å². The molecule has 5 nitrogen and oxygen atoms in total. The topological polar surface area (TPSA) is 63.2 Å². The van der Waals surface area contributed by atoms with Gasteiger partial charge in [-0.2, -0.15) is 0 Å². The van der Waals surface area contributed by atoms with Crippen LogP contribution in [0.4, 0.5) is 5.13 Å². The number of hydrogen-bond donors (Lipinski definition) is 2. The van der Waals surface area contributed by atoms with Crippen molar-refractivity contribution in [3.05, 3.63) is 18.2 Å². The number of aromatic nitrogens is 1. The Labute approximate surface area is 122 Å². The van der Waals surface area contributed by atoms with Gasteiger partial charge in [0.1, 0.15) is 5.75 Å². The van der Waals surface area contributed by atoms with Crippen molar-refractivity contribution in [1.82, 2.24) is 10.3 Å². The lowest BCUT2D eigenvalue weighted by molar-refractivity contribution is -0.119. The van der Waals surface area contributed by atoms with Gasteiger partial charge in [-0.15, -0.1) is 0 Å². The van der Waals surface area contributed by atoms with Crippen molar-refractivity contribution in [2.45, 2.75) is 20.3 Å². The van der Waals surface area contributed by atoms with E-state index in [0.717, 1.165) is 27.5 Å². The molecule has 0 aliphatic rings. The fraction of sp³-hybridized carbons (Fsp3) is 0.429. The summed E-state index contributed by atoms with van der Waals surface area (Å²) < 4.78 is 6.51.